The minimum Gasteiger partial charge on any atom is -0.481 e. The highest BCUT2D eigenvalue weighted by atomic mass is 16.6. The van der Waals surface area contributed by atoms with Crippen molar-refractivity contribution >= 4 is 52.8 Å². The van der Waals surface area contributed by atoms with Gasteiger partial charge in [0.15, 0.2) is 5.96 Å². The molecule has 45 heavy (non-hydrogen) atoms. The van der Waals surface area contributed by atoms with E-state index in [1.54, 1.807) is 0 Å². The van der Waals surface area contributed by atoms with Crippen LogP contribution < -0.4 is 32.7 Å². The summed E-state index contributed by atoms with van der Waals surface area (Å²) >= 11 is 0. The van der Waals surface area contributed by atoms with Gasteiger partial charge in [0.1, 0.15) is 24.2 Å². The van der Waals surface area contributed by atoms with Crippen LogP contribution in [-0.4, -0.2) is 93.7 Å². The largest absolute Gasteiger partial charge is 0.481 e. The van der Waals surface area contributed by atoms with E-state index in [0.29, 0.717) is 19.3 Å². The SMILES string of the molecule is C[C@H](NC(=O)CCC(=O)O)C(=O)N[C@@H](C)C(=O)N1CCC[C@@H]1C(=O)N[C@H](CCCN=C(N)N)C(=O)Nc1ccc([N+](=O)[O-])cc1. The van der Waals surface area contributed by atoms with E-state index >= 15 is 0 Å². The summed E-state index contributed by atoms with van der Waals surface area (Å²) in [5.74, 6) is -4.36. The van der Waals surface area contributed by atoms with Crippen LogP contribution in [0.4, 0.5) is 11.4 Å². The van der Waals surface area contributed by atoms with Gasteiger partial charge in [-0.1, -0.05) is 0 Å². The number of carbonyl (C=O) groups is 6. The van der Waals surface area contributed by atoms with E-state index in [4.69, 9.17) is 16.6 Å². The summed E-state index contributed by atoms with van der Waals surface area (Å²) in [4.78, 5) is 90.3. The lowest BCUT2D eigenvalue weighted by Crippen LogP contribution is -2.56. The van der Waals surface area contributed by atoms with Crippen molar-refractivity contribution in [2.24, 2.45) is 16.5 Å². The van der Waals surface area contributed by atoms with E-state index in [0.717, 1.165) is 0 Å². The minimum absolute atomic E-state index is 0.129. The molecule has 18 heteroatoms. The Hall–Kier alpha value is -5.29. The fraction of sp³-hybridized carbons (Fsp3) is 0.519. The molecule has 1 saturated heterocycles. The van der Waals surface area contributed by atoms with Gasteiger partial charge in [-0.2, -0.15) is 0 Å². The number of carboxylic acid groups (broad SMARTS) is 1. The van der Waals surface area contributed by atoms with E-state index in [2.05, 4.69) is 26.3 Å². The quantitative estimate of drug-likeness (QED) is 0.0378. The number of rotatable bonds is 16. The molecule has 0 aliphatic carbocycles. The topological polar surface area (TPSA) is 282 Å². The van der Waals surface area contributed by atoms with Crippen molar-refractivity contribution in [3.63, 3.8) is 0 Å². The number of nitro benzene ring substituents is 1. The Balaban J connectivity index is 2.06. The first kappa shape index (κ1) is 35.9. The zero-order chi connectivity index (χ0) is 33.7. The molecule has 4 atom stereocenters. The number of hydrogen-bond acceptors (Lipinski definition) is 9. The molecule has 2 rings (SSSR count). The number of nitrogens with two attached hydrogens (primary N) is 2. The molecule has 1 aliphatic heterocycles. The molecule has 0 bridgehead atoms. The Morgan fingerprint density at radius 1 is 1.02 bits per heavy atom. The van der Waals surface area contributed by atoms with Gasteiger partial charge in [-0.25, -0.2) is 0 Å². The molecular formula is C27H39N9O9. The zero-order valence-corrected chi connectivity index (χ0v) is 25.0. The van der Waals surface area contributed by atoms with Gasteiger partial charge >= 0.3 is 5.97 Å². The number of nitrogens with zero attached hydrogens (tertiary/aromatic N) is 3. The molecule has 1 fully saturated rings. The highest BCUT2D eigenvalue weighted by Crippen LogP contribution is 2.20. The van der Waals surface area contributed by atoms with E-state index in [9.17, 15) is 38.9 Å². The Bertz CT molecular complexity index is 1300. The van der Waals surface area contributed by atoms with Crippen molar-refractivity contribution in [3.8, 4) is 0 Å². The van der Waals surface area contributed by atoms with Gasteiger partial charge in [0.05, 0.1) is 11.3 Å². The van der Waals surface area contributed by atoms with Gasteiger partial charge in [-0.05, 0) is 51.7 Å². The predicted octanol–water partition coefficient (Wildman–Crippen LogP) is -1.06. The molecule has 9 N–H and O–H groups in total. The van der Waals surface area contributed by atoms with Crippen LogP contribution in [0.5, 0.6) is 0 Å². The fourth-order valence-corrected chi connectivity index (χ4v) is 4.49. The van der Waals surface area contributed by atoms with Crippen molar-refractivity contribution in [3.05, 3.63) is 34.4 Å². The van der Waals surface area contributed by atoms with E-state index in [1.807, 2.05) is 0 Å². The average Bonchev–Trinajstić information content (AvgIpc) is 3.47. The summed E-state index contributed by atoms with van der Waals surface area (Å²) in [5.41, 5.74) is 10.8. The number of nitro groups is 1. The summed E-state index contributed by atoms with van der Waals surface area (Å²) in [6, 6.07) is 1.03. The van der Waals surface area contributed by atoms with Crippen LogP contribution in [0.2, 0.25) is 0 Å². The minimum atomic E-state index is -1.16. The molecule has 18 nitrogen and oxygen atoms in total. The van der Waals surface area contributed by atoms with Crippen LogP contribution in [0.15, 0.2) is 29.3 Å². The van der Waals surface area contributed by atoms with Crippen LogP contribution in [-0.2, 0) is 28.8 Å². The Kier molecular flexibility index (Phi) is 13.7. The second-order valence-electron chi connectivity index (χ2n) is 10.4. The number of aliphatic carboxylic acids is 1. The van der Waals surface area contributed by atoms with Gasteiger partial charge in [-0.15, -0.1) is 0 Å². The van der Waals surface area contributed by atoms with Crippen LogP contribution in [0, 0.1) is 10.1 Å². The number of hydrogen-bond donors (Lipinski definition) is 7. The maximum absolute atomic E-state index is 13.4. The van der Waals surface area contributed by atoms with Gasteiger partial charge in [-0.3, -0.25) is 43.9 Å². The molecule has 0 aromatic heterocycles. The van der Waals surface area contributed by atoms with Gasteiger partial charge in [0.2, 0.25) is 29.5 Å². The Morgan fingerprint density at radius 3 is 2.29 bits per heavy atom. The van der Waals surface area contributed by atoms with Crippen molar-refractivity contribution in [2.45, 2.75) is 76.5 Å². The second kappa shape index (κ2) is 17.1. The molecule has 0 unspecified atom stereocenters. The maximum Gasteiger partial charge on any atom is 0.303 e. The van der Waals surface area contributed by atoms with Crippen LogP contribution >= 0.6 is 0 Å². The molecule has 0 saturated carbocycles. The summed E-state index contributed by atoms with van der Waals surface area (Å²) in [6.07, 6.45) is 0.530. The lowest BCUT2D eigenvalue weighted by Gasteiger charge is -2.29. The molecule has 0 radical (unpaired) electrons. The molecule has 1 heterocycles. The number of benzene rings is 1. The summed E-state index contributed by atoms with van der Waals surface area (Å²) in [6.45, 7) is 3.22. The van der Waals surface area contributed by atoms with E-state index in [1.165, 1.54) is 43.0 Å². The maximum atomic E-state index is 13.4. The van der Waals surface area contributed by atoms with Gasteiger partial charge in [0.25, 0.3) is 5.69 Å². The number of amides is 5. The third-order valence-electron chi connectivity index (χ3n) is 6.83. The van der Waals surface area contributed by atoms with Crippen molar-refractivity contribution < 1.29 is 38.8 Å². The lowest BCUT2D eigenvalue weighted by molar-refractivity contribution is -0.384. The van der Waals surface area contributed by atoms with Gasteiger partial charge in [0, 0.05) is 37.3 Å². The van der Waals surface area contributed by atoms with E-state index < -0.39 is 71.0 Å². The van der Waals surface area contributed by atoms with Crippen molar-refractivity contribution in [1.82, 2.24) is 20.9 Å². The Labute approximate surface area is 258 Å². The highest BCUT2D eigenvalue weighted by molar-refractivity contribution is 5.99. The normalized spacial score (nSPS) is 16.0. The number of aliphatic imine (C=N–C) groups is 1. The smallest absolute Gasteiger partial charge is 0.303 e. The zero-order valence-electron chi connectivity index (χ0n) is 25.0. The lowest BCUT2D eigenvalue weighted by atomic mass is 10.1. The number of carboxylic acids is 1. The number of anilines is 1. The molecular weight excluding hydrogens is 594 g/mol. The monoisotopic (exact) mass is 633 g/mol. The summed E-state index contributed by atoms with van der Waals surface area (Å²) < 4.78 is 0. The molecule has 0 spiro atoms. The Morgan fingerprint density at radius 2 is 1.69 bits per heavy atom. The molecule has 1 aliphatic rings. The third kappa shape index (κ3) is 11.7. The van der Waals surface area contributed by atoms with Crippen LogP contribution in [0.3, 0.4) is 0 Å². The first-order chi connectivity index (χ1) is 21.2. The molecule has 246 valence electrons. The number of guanidine groups is 1. The molecule has 1 aromatic rings. The summed E-state index contributed by atoms with van der Waals surface area (Å²) in [7, 11) is 0. The molecule has 1 aromatic carbocycles. The average molecular weight is 634 g/mol. The predicted molar refractivity (Wildman–Crippen MR) is 160 cm³/mol. The van der Waals surface area contributed by atoms with Crippen LogP contribution in [0.25, 0.3) is 0 Å². The fourth-order valence-electron chi connectivity index (χ4n) is 4.49. The van der Waals surface area contributed by atoms with Crippen molar-refractivity contribution in [2.75, 3.05) is 18.4 Å². The number of nitrogens with one attached hydrogen (secondary N) is 4. The molecule has 5 amide bonds. The number of non-ortho nitro benzene ring substituents is 1. The second-order valence-corrected chi connectivity index (χ2v) is 10.4. The van der Waals surface area contributed by atoms with Crippen LogP contribution in [0.1, 0.15) is 52.4 Å². The van der Waals surface area contributed by atoms with E-state index in [-0.39, 0.29) is 43.3 Å². The number of likely N-dealkylation sites (tertiary alicyclic amines) is 1. The van der Waals surface area contributed by atoms with Crippen molar-refractivity contribution in [1.29, 1.82) is 0 Å². The standard InChI is InChI=1S/C27H39N9O9/c1-15(31-21(37)11-12-22(38)39)23(40)32-16(2)26(43)35-14-4-6-20(35)25(42)34-19(5-3-13-30-27(28)29)24(41)33-17-7-9-18(10-8-17)36(44)45/h7-10,15-16,19-20H,3-6,11-14H2,1-2H3,(H,31,37)(H,32,40)(H,33,41)(H,34,42)(H,38,39)(H4,28,29,30)/t15-,16-,19+,20+/m0/s1. The summed E-state index contributed by atoms with van der Waals surface area (Å²) in [5, 5.41) is 29.8. The first-order valence-corrected chi connectivity index (χ1v) is 14.2. The van der Waals surface area contributed by atoms with Gasteiger partial charge < -0.3 is 42.7 Å². The number of carbonyl (C=O) groups excluding carboxylic acids is 5. The first-order valence-electron chi connectivity index (χ1n) is 14.2. The highest BCUT2D eigenvalue weighted by Gasteiger charge is 2.38. The third-order valence-corrected chi connectivity index (χ3v) is 6.83.